The molecule has 0 unspecified atom stereocenters. The fourth-order valence-electron chi connectivity index (χ4n) is 10.9. The van der Waals surface area contributed by atoms with Crippen LogP contribution in [0.15, 0.2) is 48.5 Å². The average molecular weight is 1070 g/mol. The molecule has 20 nitrogen and oxygen atoms in total. The van der Waals surface area contributed by atoms with Crippen LogP contribution in [0.2, 0.25) is 0 Å². The first kappa shape index (κ1) is 58.4. The Kier molecular flexibility index (Phi) is 20.4. The van der Waals surface area contributed by atoms with Crippen LogP contribution in [-0.2, 0) is 28.8 Å². The molecule has 5 aliphatic rings. The zero-order chi connectivity index (χ0) is 55.4. The van der Waals surface area contributed by atoms with E-state index >= 15 is 0 Å². The normalized spacial score (nSPS) is 20.4. The molecule has 7 rings (SSSR count). The van der Waals surface area contributed by atoms with E-state index in [1.807, 2.05) is 46.6 Å². The number of hydrogen-bond acceptors (Lipinski definition) is 12. The molecule has 4 saturated heterocycles. The number of para-hydroxylation sites is 2. The van der Waals surface area contributed by atoms with Gasteiger partial charge in [0.25, 0.3) is 23.6 Å². The van der Waals surface area contributed by atoms with Crippen LogP contribution in [0.25, 0.3) is 0 Å². The fourth-order valence-corrected chi connectivity index (χ4v) is 10.9. The van der Waals surface area contributed by atoms with Gasteiger partial charge in [-0.3, -0.25) is 43.3 Å². The Labute approximate surface area is 454 Å². The second kappa shape index (κ2) is 26.9. The summed E-state index contributed by atoms with van der Waals surface area (Å²) in [4.78, 5) is 123. The van der Waals surface area contributed by atoms with Crippen molar-refractivity contribution in [2.75, 3.05) is 106 Å². The van der Waals surface area contributed by atoms with Crippen molar-refractivity contribution in [1.82, 2.24) is 50.2 Å². The maximum absolute atomic E-state index is 14.3. The van der Waals surface area contributed by atoms with Crippen LogP contribution in [0.3, 0.4) is 0 Å². The number of carbonyl (C=O) groups is 8. The second-order valence-electron chi connectivity index (χ2n) is 22.6. The largest absolute Gasteiger partial charge is 0.483 e. The highest BCUT2D eigenvalue weighted by Crippen LogP contribution is 2.38. The smallest absolute Gasteiger partial charge is 0.260 e. The van der Waals surface area contributed by atoms with E-state index in [0.717, 1.165) is 32.4 Å². The zero-order valence-electron chi connectivity index (χ0n) is 46.6. The lowest BCUT2D eigenvalue weighted by molar-refractivity contribution is -0.146. The van der Waals surface area contributed by atoms with Gasteiger partial charge in [0, 0.05) is 91.1 Å². The molecule has 0 spiro atoms. The summed E-state index contributed by atoms with van der Waals surface area (Å²) in [6.45, 7) is 16.1. The number of amides is 8. The van der Waals surface area contributed by atoms with Crippen molar-refractivity contribution < 1.29 is 47.8 Å². The summed E-state index contributed by atoms with van der Waals surface area (Å²) >= 11 is 0. The first-order valence-electron chi connectivity index (χ1n) is 28.1. The maximum atomic E-state index is 14.3. The summed E-state index contributed by atoms with van der Waals surface area (Å²) in [6.07, 6.45) is 5.94. The van der Waals surface area contributed by atoms with E-state index in [-0.39, 0.29) is 88.7 Å². The molecule has 422 valence electrons. The molecule has 1 aliphatic carbocycles. The Morgan fingerprint density at radius 3 is 1.55 bits per heavy atom. The molecule has 0 aromatic heterocycles. The van der Waals surface area contributed by atoms with Gasteiger partial charge in [-0.2, -0.15) is 0 Å². The molecule has 4 aliphatic heterocycles. The van der Waals surface area contributed by atoms with Gasteiger partial charge in [-0.1, -0.05) is 58.9 Å². The summed E-state index contributed by atoms with van der Waals surface area (Å²) in [5.74, 6) is -1.70. The quantitative estimate of drug-likeness (QED) is 0.147. The third kappa shape index (κ3) is 15.5. The van der Waals surface area contributed by atoms with Crippen LogP contribution in [0.4, 0.5) is 0 Å². The summed E-state index contributed by atoms with van der Waals surface area (Å²) in [6, 6.07) is 10.3. The molecular formula is C57H84N10O10. The lowest BCUT2D eigenvalue weighted by Crippen LogP contribution is -2.57. The van der Waals surface area contributed by atoms with E-state index < -0.39 is 36.0 Å². The number of piperazine rings is 2. The Bertz CT molecular complexity index is 2420. The molecule has 4 atom stereocenters. The summed E-state index contributed by atoms with van der Waals surface area (Å²) in [5, 5.41) is 8.93. The van der Waals surface area contributed by atoms with Gasteiger partial charge >= 0.3 is 0 Å². The molecule has 1 saturated carbocycles. The molecule has 3 N–H and O–H groups in total. The average Bonchev–Trinajstić information content (AvgIpc) is 3.74. The van der Waals surface area contributed by atoms with Gasteiger partial charge in [0.1, 0.15) is 35.7 Å². The van der Waals surface area contributed by atoms with Crippen molar-refractivity contribution in [1.29, 1.82) is 0 Å². The predicted octanol–water partition coefficient (Wildman–Crippen LogP) is 2.85. The van der Waals surface area contributed by atoms with Gasteiger partial charge in [-0.25, -0.2) is 0 Å². The van der Waals surface area contributed by atoms with Crippen molar-refractivity contribution >= 4 is 47.3 Å². The number of carbonyl (C=O) groups excluding carboxylic acids is 8. The zero-order valence-corrected chi connectivity index (χ0v) is 46.6. The van der Waals surface area contributed by atoms with Gasteiger partial charge in [-0.15, -0.1) is 0 Å². The lowest BCUT2D eigenvalue weighted by atomic mass is 10.0. The van der Waals surface area contributed by atoms with E-state index in [1.54, 1.807) is 75.2 Å². The summed E-state index contributed by atoms with van der Waals surface area (Å²) in [7, 11) is 3.72. The standard InChI is InChI=1S/C57H84N10O10/c1-8-57(21-22-57)60-49(68)37-76-47-19-11-9-15-41(47)51(70)58-43(35-39(2)3)54(73)67-24-14-18-46(67)56(75)65-33-29-63(30-34-65)28-27-62(7)50(69)38-77-48-20-12-10-16-42(48)52(71)59-44(36-40(4)5)53(72)66-23-13-17-45(66)55(74)64-31-25-61(6)26-32-64/h9-12,15-16,19-20,39-40,43-46H,8,13-14,17-18,21-38H2,1-7H3,(H,58,70)(H,59,71)(H,60,68)/t43-,44-,45-,46-/m1/s1. The molecule has 20 heteroatoms. The van der Waals surface area contributed by atoms with Crippen LogP contribution < -0.4 is 25.4 Å². The van der Waals surface area contributed by atoms with E-state index in [2.05, 4.69) is 25.8 Å². The molecule has 0 bridgehead atoms. The van der Waals surface area contributed by atoms with Gasteiger partial charge in [0.15, 0.2) is 13.2 Å². The maximum Gasteiger partial charge on any atom is 0.260 e. The van der Waals surface area contributed by atoms with Crippen LogP contribution >= 0.6 is 0 Å². The van der Waals surface area contributed by atoms with Crippen molar-refractivity contribution in [3.05, 3.63) is 59.7 Å². The molecule has 2 aromatic carbocycles. The van der Waals surface area contributed by atoms with Crippen LogP contribution in [0.5, 0.6) is 11.5 Å². The number of nitrogens with one attached hydrogen (secondary N) is 3. The van der Waals surface area contributed by atoms with E-state index in [4.69, 9.17) is 9.47 Å². The van der Waals surface area contributed by atoms with E-state index in [1.165, 1.54) is 0 Å². The molecule has 4 heterocycles. The van der Waals surface area contributed by atoms with E-state index in [9.17, 15) is 38.4 Å². The Morgan fingerprint density at radius 2 is 1.09 bits per heavy atom. The number of ether oxygens (including phenoxy) is 2. The monoisotopic (exact) mass is 1070 g/mol. The van der Waals surface area contributed by atoms with Crippen molar-refractivity contribution in [2.45, 2.75) is 122 Å². The molecule has 2 aromatic rings. The number of nitrogens with zero attached hydrogens (tertiary/aromatic N) is 7. The van der Waals surface area contributed by atoms with Gasteiger partial charge in [0.2, 0.25) is 23.6 Å². The Hall–Kier alpha value is -6.28. The molecule has 0 radical (unpaired) electrons. The molecule has 8 amide bonds. The van der Waals surface area contributed by atoms with Gasteiger partial charge in [-0.05, 0) is 101 Å². The molecule has 77 heavy (non-hydrogen) atoms. The van der Waals surface area contributed by atoms with Gasteiger partial charge in [0.05, 0.1) is 11.1 Å². The highest BCUT2D eigenvalue weighted by molar-refractivity contribution is 6.01. The van der Waals surface area contributed by atoms with Crippen LogP contribution in [-0.4, -0.2) is 217 Å². The van der Waals surface area contributed by atoms with Crippen molar-refractivity contribution in [3.8, 4) is 11.5 Å². The minimum atomic E-state index is -0.882. The topological polar surface area (TPSA) is 214 Å². The number of likely N-dealkylation sites (tertiary alicyclic amines) is 2. The van der Waals surface area contributed by atoms with E-state index in [0.29, 0.717) is 104 Å². The third-order valence-corrected chi connectivity index (χ3v) is 15.8. The number of rotatable bonds is 23. The summed E-state index contributed by atoms with van der Waals surface area (Å²) < 4.78 is 11.8. The first-order chi connectivity index (χ1) is 36.9. The van der Waals surface area contributed by atoms with Crippen LogP contribution in [0.1, 0.15) is 113 Å². The van der Waals surface area contributed by atoms with Crippen molar-refractivity contribution in [2.24, 2.45) is 11.8 Å². The fraction of sp³-hybridized carbons (Fsp3) is 0.649. The summed E-state index contributed by atoms with van der Waals surface area (Å²) in [5.41, 5.74) is 0.240. The second-order valence-corrected chi connectivity index (χ2v) is 22.6. The number of benzene rings is 2. The minimum Gasteiger partial charge on any atom is -0.483 e. The highest BCUT2D eigenvalue weighted by atomic mass is 16.5. The first-order valence-corrected chi connectivity index (χ1v) is 28.1. The third-order valence-electron chi connectivity index (χ3n) is 15.8. The SMILES string of the molecule is CCC1(NC(=O)COc2ccccc2C(=O)N[C@H](CC(C)C)C(=O)N2CCC[C@@H]2C(=O)N2CCN(CCN(C)C(=O)COc3ccccc3C(=O)N[C@H](CC(C)C)C(=O)N3CCC[C@@H]3C(=O)N3CCN(C)CC3)CC2)CC1. The van der Waals surface area contributed by atoms with Crippen LogP contribution in [0, 0.1) is 11.8 Å². The number of likely N-dealkylation sites (N-methyl/N-ethyl adjacent to an activating group) is 2. The molecular weight excluding hydrogens is 985 g/mol. The Balaban J connectivity index is 0.863. The molecule has 5 fully saturated rings. The predicted molar refractivity (Wildman–Crippen MR) is 290 cm³/mol. The van der Waals surface area contributed by atoms with Crippen molar-refractivity contribution in [3.63, 3.8) is 0 Å². The minimum absolute atomic E-state index is 0.0363. The Morgan fingerprint density at radius 1 is 0.636 bits per heavy atom. The highest BCUT2D eigenvalue weighted by Gasteiger charge is 2.44. The van der Waals surface area contributed by atoms with Gasteiger partial charge < -0.3 is 54.8 Å². The lowest BCUT2D eigenvalue weighted by Gasteiger charge is -2.38. The number of hydrogen-bond donors (Lipinski definition) is 3.